The predicted octanol–water partition coefficient (Wildman–Crippen LogP) is 4.27. The molecular formula is C24H33N3. The number of likely N-dealkylation sites (N-methyl/N-ethyl adjacent to an activating group) is 1. The molecular weight excluding hydrogens is 330 g/mol. The van der Waals surface area contributed by atoms with E-state index in [1.807, 2.05) is 0 Å². The van der Waals surface area contributed by atoms with Crippen LogP contribution in [0.3, 0.4) is 0 Å². The first-order valence-electron chi connectivity index (χ1n) is 10.5. The third kappa shape index (κ3) is 4.04. The minimum absolute atomic E-state index is 0.683. The molecule has 4 rings (SSSR count). The van der Waals surface area contributed by atoms with Gasteiger partial charge in [0.15, 0.2) is 0 Å². The molecule has 3 heteroatoms. The van der Waals surface area contributed by atoms with Crippen molar-refractivity contribution in [2.75, 3.05) is 44.7 Å². The summed E-state index contributed by atoms with van der Waals surface area (Å²) in [4.78, 5) is 7.81. The monoisotopic (exact) mass is 363 g/mol. The second-order valence-corrected chi connectivity index (χ2v) is 8.41. The Morgan fingerprint density at radius 3 is 2.41 bits per heavy atom. The van der Waals surface area contributed by atoms with E-state index in [9.17, 15) is 0 Å². The largest absolute Gasteiger partial charge is 0.371 e. The number of anilines is 1. The molecule has 0 N–H and O–H groups in total. The molecule has 0 radical (unpaired) electrons. The fourth-order valence-electron chi connectivity index (χ4n) is 4.66. The van der Waals surface area contributed by atoms with Crippen LogP contribution in [-0.4, -0.2) is 61.7 Å². The van der Waals surface area contributed by atoms with Gasteiger partial charge in [-0.05, 0) is 62.6 Å². The van der Waals surface area contributed by atoms with E-state index in [1.54, 1.807) is 0 Å². The Labute approximate surface area is 164 Å². The molecule has 2 aliphatic heterocycles. The maximum Gasteiger partial charge on any atom is 0.0372 e. The van der Waals surface area contributed by atoms with Crippen molar-refractivity contribution in [1.82, 2.24) is 9.80 Å². The molecule has 0 bridgehead atoms. The average molecular weight is 364 g/mol. The lowest BCUT2D eigenvalue weighted by Gasteiger charge is -2.45. The summed E-state index contributed by atoms with van der Waals surface area (Å²) in [6.45, 7) is 10.6. The van der Waals surface area contributed by atoms with E-state index in [4.69, 9.17) is 0 Å². The molecule has 0 spiro atoms. The number of aryl methyl sites for hydroxylation is 1. The first-order valence-corrected chi connectivity index (χ1v) is 10.5. The third-order valence-corrected chi connectivity index (χ3v) is 6.64. The molecule has 3 nitrogen and oxygen atoms in total. The fourth-order valence-corrected chi connectivity index (χ4v) is 4.66. The first kappa shape index (κ1) is 18.5. The average Bonchev–Trinajstić information content (AvgIpc) is 2.71. The summed E-state index contributed by atoms with van der Waals surface area (Å²) in [5, 5.41) is 0. The van der Waals surface area contributed by atoms with Crippen molar-refractivity contribution in [2.45, 2.75) is 38.8 Å². The third-order valence-electron chi connectivity index (χ3n) is 6.64. The van der Waals surface area contributed by atoms with Crippen molar-refractivity contribution in [1.29, 1.82) is 0 Å². The molecule has 2 aliphatic rings. The second-order valence-electron chi connectivity index (χ2n) is 8.41. The van der Waals surface area contributed by atoms with Gasteiger partial charge in [0.2, 0.25) is 0 Å². The summed E-state index contributed by atoms with van der Waals surface area (Å²) >= 11 is 0. The summed E-state index contributed by atoms with van der Waals surface area (Å²) in [7, 11) is 2.26. The van der Waals surface area contributed by atoms with E-state index >= 15 is 0 Å². The van der Waals surface area contributed by atoms with Gasteiger partial charge in [0, 0.05) is 50.5 Å². The number of benzene rings is 2. The number of hydrogen-bond donors (Lipinski definition) is 0. The van der Waals surface area contributed by atoms with Crippen molar-refractivity contribution in [2.24, 2.45) is 0 Å². The van der Waals surface area contributed by atoms with Crippen molar-refractivity contribution >= 4 is 5.69 Å². The van der Waals surface area contributed by atoms with Crippen LogP contribution in [0.25, 0.3) is 11.1 Å². The molecule has 27 heavy (non-hydrogen) atoms. The summed E-state index contributed by atoms with van der Waals surface area (Å²) in [5.74, 6) is 0. The van der Waals surface area contributed by atoms with Crippen molar-refractivity contribution < 1.29 is 0 Å². The highest BCUT2D eigenvalue weighted by Gasteiger charge is 2.29. The SMILES string of the molecule is Cc1ccccc1-c1cccc(N2CCC(N3CCN(C)C(C)C3)CC2)c1. The van der Waals surface area contributed by atoms with E-state index in [-0.39, 0.29) is 0 Å². The molecule has 2 saturated heterocycles. The van der Waals surface area contributed by atoms with E-state index in [1.165, 1.54) is 67.9 Å². The fraction of sp³-hybridized carbons (Fsp3) is 0.500. The Morgan fingerprint density at radius 1 is 0.889 bits per heavy atom. The van der Waals surface area contributed by atoms with E-state index < -0.39 is 0 Å². The van der Waals surface area contributed by atoms with Crippen LogP contribution in [0.2, 0.25) is 0 Å². The molecule has 0 saturated carbocycles. The van der Waals surface area contributed by atoms with E-state index in [0.29, 0.717) is 6.04 Å². The van der Waals surface area contributed by atoms with Crippen LogP contribution in [-0.2, 0) is 0 Å². The Bertz CT molecular complexity index is 764. The number of piperazine rings is 1. The minimum Gasteiger partial charge on any atom is -0.371 e. The van der Waals surface area contributed by atoms with Gasteiger partial charge < -0.3 is 9.80 Å². The lowest BCUT2D eigenvalue weighted by Crippen LogP contribution is -2.55. The van der Waals surface area contributed by atoms with Crippen LogP contribution in [0.4, 0.5) is 5.69 Å². The molecule has 0 aromatic heterocycles. The maximum absolute atomic E-state index is 2.74. The number of rotatable bonds is 3. The van der Waals surface area contributed by atoms with E-state index in [0.717, 1.165) is 6.04 Å². The maximum atomic E-state index is 2.74. The van der Waals surface area contributed by atoms with E-state index in [2.05, 4.69) is 84.1 Å². The van der Waals surface area contributed by atoms with Crippen LogP contribution >= 0.6 is 0 Å². The van der Waals surface area contributed by atoms with Crippen molar-refractivity contribution in [3.63, 3.8) is 0 Å². The lowest BCUT2D eigenvalue weighted by atomic mass is 9.98. The quantitative estimate of drug-likeness (QED) is 0.806. The second kappa shape index (κ2) is 8.04. The van der Waals surface area contributed by atoms with Crippen molar-refractivity contribution in [3.8, 4) is 11.1 Å². The summed E-state index contributed by atoms with van der Waals surface area (Å²) < 4.78 is 0. The number of piperidine rings is 1. The lowest BCUT2D eigenvalue weighted by molar-refractivity contribution is 0.0627. The predicted molar refractivity (Wildman–Crippen MR) is 116 cm³/mol. The van der Waals surface area contributed by atoms with Gasteiger partial charge in [-0.1, -0.05) is 36.4 Å². The Morgan fingerprint density at radius 2 is 1.67 bits per heavy atom. The minimum atomic E-state index is 0.683. The van der Waals surface area contributed by atoms with Crippen LogP contribution in [0.1, 0.15) is 25.3 Å². The Balaban J connectivity index is 1.42. The Hall–Kier alpha value is -1.84. The summed E-state index contributed by atoms with van der Waals surface area (Å²) in [5.41, 5.74) is 5.40. The van der Waals surface area contributed by atoms with Gasteiger partial charge in [0.05, 0.1) is 0 Å². The Kier molecular flexibility index (Phi) is 5.51. The van der Waals surface area contributed by atoms with Gasteiger partial charge >= 0.3 is 0 Å². The van der Waals surface area contributed by atoms with Gasteiger partial charge in [-0.3, -0.25) is 4.90 Å². The molecule has 0 aliphatic carbocycles. The smallest absolute Gasteiger partial charge is 0.0372 e. The zero-order chi connectivity index (χ0) is 18.8. The molecule has 1 unspecified atom stereocenters. The summed E-state index contributed by atoms with van der Waals surface area (Å²) in [6, 6.07) is 19.2. The molecule has 2 fully saturated rings. The van der Waals surface area contributed by atoms with Crippen LogP contribution in [0.15, 0.2) is 48.5 Å². The molecule has 0 amide bonds. The van der Waals surface area contributed by atoms with Gasteiger partial charge in [-0.25, -0.2) is 0 Å². The van der Waals surface area contributed by atoms with Gasteiger partial charge in [0.25, 0.3) is 0 Å². The first-order chi connectivity index (χ1) is 13.1. The highest BCUT2D eigenvalue weighted by Crippen LogP contribution is 2.29. The highest BCUT2D eigenvalue weighted by molar-refractivity contribution is 5.71. The zero-order valence-electron chi connectivity index (χ0n) is 17.1. The highest BCUT2D eigenvalue weighted by atomic mass is 15.3. The molecule has 2 aromatic rings. The number of hydrogen-bond acceptors (Lipinski definition) is 3. The standard InChI is InChI=1S/C24H33N3/c1-19-7-4-5-10-24(19)21-8-6-9-23(17-21)26-13-11-22(12-14-26)27-16-15-25(3)20(2)18-27/h4-10,17,20,22H,11-16,18H2,1-3H3. The van der Waals surface area contributed by atoms with Gasteiger partial charge in [0.1, 0.15) is 0 Å². The van der Waals surface area contributed by atoms with Gasteiger partial charge in [-0.2, -0.15) is 0 Å². The molecule has 144 valence electrons. The number of nitrogens with zero attached hydrogens (tertiary/aromatic N) is 3. The zero-order valence-corrected chi connectivity index (χ0v) is 17.1. The van der Waals surface area contributed by atoms with Gasteiger partial charge in [-0.15, -0.1) is 0 Å². The van der Waals surface area contributed by atoms with Crippen LogP contribution in [0.5, 0.6) is 0 Å². The molecule has 1 atom stereocenters. The van der Waals surface area contributed by atoms with Crippen LogP contribution in [0, 0.1) is 6.92 Å². The molecule has 2 heterocycles. The summed E-state index contributed by atoms with van der Waals surface area (Å²) in [6.07, 6.45) is 2.57. The normalized spacial score (nSPS) is 22.9. The topological polar surface area (TPSA) is 9.72 Å². The molecule has 2 aromatic carbocycles. The van der Waals surface area contributed by atoms with Crippen LogP contribution < -0.4 is 4.90 Å². The van der Waals surface area contributed by atoms with Crippen molar-refractivity contribution in [3.05, 3.63) is 54.1 Å².